The van der Waals surface area contributed by atoms with Crippen LogP contribution in [0.5, 0.6) is 0 Å². The molecule has 0 aromatic heterocycles. The van der Waals surface area contributed by atoms with Crippen molar-refractivity contribution in [3.05, 3.63) is 35.4 Å². The van der Waals surface area contributed by atoms with Crippen molar-refractivity contribution >= 4 is 5.91 Å². The zero-order chi connectivity index (χ0) is 14.7. The third kappa shape index (κ3) is 3.40. The lowest BCUT2D eigenvalue weighted by atomic mass is 9.98. The number of carbonyl (C=O) groups excluding carboxylic acids is 1. The third-order valence-electron chi connectivity index (χ3n) is 4.02. The Morgan fingerprint density at radius 2 is 1.85 bits per heavy atom. The average Bonchev–Trinajstić information content (AvgIpc) is 2.39. The maximum atomic E-state index is 12.0. The summed E-state index contributed by atoms with van der Waals surface area (Å²) in [6, 6.07) is 8.79. The van der Waals surface area contributed by atoms with Gasteiger partial charge in [0.15, 0.2) is 0 Å². The average molecular weight is 274 g/mol. The SMILES string of the molecule is CC(C)c1ccc(CN2CCNC(=O)C2C(C)C)cc1. The Hall–Kier alpha value is -1.35. The molecule has 1 saturated heterocycles. The third-order valence-corrected chi connectivity index (χ3v) is 4.02. The van der Waals surface area contributed by atoms with E-state index >= 15 is 0 Å². The molecule has 0 radical (unpaired) electrons. The summed E-state index contributed by atoms with van der Waals surface area (Å²) in [6.07, 6.45) is 0. The van der Waals surface area contributed by atoms with Crippen LogP contribution in [0.2, 0.25) is 0 Å². The number of rotatable bonds is 4. The van der Waals surface area contributed by atoms with Crippen molar-refractivity contribution < 1.29 is 4.79 Å². The lowest BCUT2D eigenvalue weighted by molar-refractivity contribution is -0.131. The molecule has 0 bridgehead atoms. The Bertz CT molecular complexity index is 451. The summed E-state index contributed by atoms with van der Waals surface area (Å²) in [6.45, 7) is 11.2. The summed E-state index contributed by atoms with van der Waals surface area (Å²) < 4.78 is 0. The molecule has 0 saturated carbocycles. The molecule has 0 spiro atoms. The van der Waals surface area contributed by atoms with Gasteiger partial charge in [0.1, 0.15) is 0 Å². The molecule has 0 aliphatic carbocycles. The number of amides is 1. The van der Waals surface area contributed by atoms with E-state index in [1.54, 1.807) is 0 Å². The van der Waals surface area contributed by atoms with Gasteiger partial charge in [-0.05, 0) is 23.0 Å². The van der Waals surface area contributed by atoms with Gasteiger partial charge in [0.25, 0.3) is 0 Å². The van der Waals surface area contributed by atoms with Crippen molar-refractivity contribution in [3.63, 3.8) is 0 Å². The van der Waals surface area contributed by atoms with Gasteiger partial charge < -0.3 is 5.32 Å². The number of nitrogens with one attached hydrogen (secondary N) is 1. The topological polar surface area (TPSA) is 32.3 Å². The van der Waals surface area contributed by atoms with Gasteiger partial charge in [-0.15, -0.1) is 0 Å². The van der Waals surface area contributed by atoms with Crippen LogP contribution in [0.1, 0.15) is 44.7 Å². The standard InChI is InChI=1S/C17H26N2O/c1-12(2)15-7-5-14(6-8-15)11-19-10-9-18-17(20)16(19)13(3)4/h5-8,12-13,16H,9-11H2,1-4H3,(H,18,20). The first-order chi connectivity index (χ1) is 9.49. The van der Waals surface area contributed by atoms with E-state index < -0.39 is 0 Å². The highest BCUT2D eigenvalue weighted by molar-refractivity contribution is 5.82. The highest BCUT2D eigenvalue weighted by Gasteiger charge is 2.31. The van der Waals surface area contributed by atoms with Crippen molar-refractivity contribution in [3.8, 4) is 0 Å². The first-order valence-electron chi connectivity index (χ1n) is 7.59. The predicted molar refractivity (Wildman–Crippen MR) is 82.6 cm³/mol. The van der Waals surface area contributed by atoms with Crippen molar-refractivity contribution in [2.24, 2.45) is 5.92 Å². The molecule has 1 aliphatic heterocycles. The lowest BCUT2D eigenvalue weighted by Crippen LogP contribution is -2.56. The van der Waals surface area contributed by atoms with Crippen LogP contribution in [0.3, 0.4) is 0 Å². The van der Waals surface area contributed by atoms with E-state index in [-0.39, 0.29) is 11.9 Å². The van der Waals surface area contributed by atoms with Crippen LogP contribution >= 0.6 is 0 Å². The van der Waals surface area contributed by atoms with Gasteiger partial charge in [-0.25, -0.2) is 0 Å². The van der Waals surface area contributed by atoms with Gasteiger partial charge in [-0.3, -0.25) is 9.69 Å². The Labute approximate surface area is 122 Å². The first-order valence-corrected chi connectivity index (χ1v) is 7.59. The fourth-order valence-corrected chi connectivity index (χ4v) is 2.88. The van der Waals surface area contributed by atoms with Crippen LogP contribution in [0.4, 0.5) is 0 Å². The molecule has 1 atom stereocenters. The van der Waals surface area contributed by atoms with Crippen molar-refractivity contribution in [1.82, 2.24) is 10.2 Å². The zero-order valence-corrected chi connectivity index (χ0v) is 13.0. The minimum atomic E-state index is -0.00600. The van der Waals surface area contributed by atoms with Crippen LogP contribution in [0.25, 0.3) is 0 Å². The molecule has 1 aromatic carbocycles. The number of piperazine rings is 1. The molecule has 1 amide bonds. The number of hydrogen-bond acceptors (Lipinski definition) is 2. The molecule has 1 aliphatic rings. The Morgan fingerprint density at radius 3 is 2.40 bits per heavy atom. The highest BCUT2D eigenvalue weighted by atomic mass is 16.2. The second kappa shape index (κ2) is 6.40. The van der Waals surface area contributed by atoms with E-state index in [4.69, 9.17) is 0 Å². The molecular formula is C17H26N2O. The first kappa shape index (κ1) is 15.0. The molecule has 3 nitrogen and oxygen atoms in total. The van der Waals surface area contributed by atoms with E-state index in [2.05, 4.69) is 62.2 Å². The van der Waals surface area contributed by atoms with Gasteiger partial charge in [-0.2, -0.15) is 0 Å². The van der Waals surface area contributed by atoms with Gasteiger partial charge >= 0.3 is 0 Å². The largest absolute Gasteiger partial charge is 0.353 e. The molecule has 1 N–H and O–H groups in total. The number of benzene rings is 1. The Balaban J connectivity index is 2.09. The van der Waals surface area contributed by atoms with E-state index in [9.17, 15) is 4.79 Å². The van der Waals surface area contributed by atoms with Gasteiger partial charge in [0.05, 0.1) is 6.04 Å². The molecule has 1 aromatic rings. The summed E-state index contributed by atoms with van der Waals surface area (Å²) in [7, 11) is 0. The maximum Gasteiger partial charge on any atom is 0.237 e. The summed E-state index contributed by atoms with van der Waals surface area (Å²) in [5, 5.41) is 2.97. The second-order valence-corrected chi connectivity index (χ2v) is 6.35. The fraction of sp³-hybridized carbons (Fsp3) is 0.588. The van der Waals surface area contributed by atoms with Crippen molar-refractivity contribution in [1.29, 1.82) is 0 Å². The molecule has 20 heavy (non-hydrogen) atoms. The minimum Gasteiger partial charge on any atom is -0.353 e. The number of carbonyl (C=O) groups is 1. The smallest absolute Gasteiger partial charge is 0.237 e. The predicted octanol–water partition coefficient (Wildman–Crippen LogP) is 2.77. The zero-order valence-electron chi connectivity index (χ0n) is 13.0. The monoisotopic (exact) mass is 274 g/mol. The Kier molecular flexibility index (Phi) is 4.81. The highest BCUT2D eigenvalue weighted by Crippen LogP contribution is 2.19. The second-order valence-electron chi connectivity index (χ2n) is 6.35. The van der Waals surface area contributed by atoms with E-state index in [0.717, 1.165) is 19.6 Å². The van der Waals surface area contributed by atoms with E-state index in [0.29, 0.717) is 11.8 Å². The molecule has 2 rings (SSSR count). The summed E-state index contributed by atoms with van der Waals surface area (Å²) in [5.74, 6) is 1.07. The minimum absolute atomic E-state index is 0.00600. The van der Waals surface area contributed by atoms with Crippen LogP contribution < -0.4 is 5.32 Å². The normalized spacial score (nSPS) is 20.5. The van der Waals surface area contributed by atoms with Gasteiger partial charge in [-0.1, -0.05) is 52.0 Å². The quantitative estimate of drug-likeness (QED) is 0.915. The summed E-state index contributed by atoms with van der Waals surface area (Å²) >= 11 is 0. The van der Waals surface area contributed by atoms with Crippen LogP contribution in [-0.2, 0) is 11.3 Å². The van der Waals surface area contributed by atoms with Crippen LogP contribution in [0.15, 0.2) is 24.3 Å². The molecule has 110 valence electrons. The van der Waals surface area contributed by atoms with Gasteiger partial charge in [0, 0.05) is 19.6 Å². The van der Waals surface area contributed by atoms with E-state index in [1.165, 1.54) is 11.1 Å². The van der Waals surface area contributed by atoms with Crippen LogP contribution in [0, 0.1) is 5.92 Å². The Morgan fingerprint density at radius 1 is 1.20 bits per heavy atom. The molecular weight excluding hydrogens is 248 g/mol. The maximum absolute atomic E-state index is 12.0. The van der Waals surface area contributed by atoms with Crippen molar-refractivity contribution in [2.75, 3.05) is 13.1 Å². The van der Waals surface area contributed by atoms with Crippen molar-refractivity contribution in [2.45, 2.75) is 46.2 Å². The molecule has 3 heteroatoms. The summed E-state index contributed by atoms with van der Waals surface area (Å²) in [4.78, 5) is 14.3. The molecule has 1 unspecified atom stereocenters. The number of nitrogens with zero attached hydrogens (tertiary/aromatic N) is 1. The molecule has 1 fully saturated rings. The van der Waals surface area contributed by atoms with Crippen LogP contribution in [-0.4, -0.2) is 29.9 Å². The summed E-state index contributed by atoms with van der Waals surface area (Å²) in [5.41, 5.74) is 2.65. The van der Waals surface area contributed by atoms with Gasteiger partial charge in [0.2, 0.25) is 5.91 Å². The van der Waals surface area contributed by atoms with E-state index in [1.807, 2.05) is 0 Å². The number of hydrogen-bond donors (Lipinski definition) is 1. The lowest BCUT2D eigenvalue weighted by Gasteiger charge is -2.37. The molecule has 1 heterocycles. The fourth-order valence-electron chi connectivity index (χ4n) is 2.88.